The van der Waals surface area contributed by atoms with E-state index in [2.05, 4.69) is 26.1 Å². The SMILES string of the molecule is CC12CCC(C1)C(C)(C)C2OCC(O)CNC1CCCC1. The lowest BCUT2D eigenvalue weighted by molar-refractivity contribution is -0.110. The van der Waals surface area contributed by atoms with Crippen LogP contribution < -0.4 is 5.32 Å². The van der Waals surface area contributed by atoms with Crippen molar-refractivity contribution in [3.8, 4) is 0 Å². The molecule has 0 saturated heterocycles. The van der Waals surface area contributed by atoms with Crippen molar-refractivity contribution >= 4 is 0 Å². The van der Waals surface area contributed by atoms with E-state index in [-0.39, 0.29) is 11.5 Å². The van der Waals surface area contributed by atoms with Gasteiger partial charge >= 0.3 is 0 Å². The lowest BCUT2D eigenvalue weighted by Gasteiger charge is -2.42. The van der Waals surface area contributed by atoms with E-state index in [0.29, 0.717) is 30.7 Å². The molecule has 0 spiro atoms. The molecule has 3 aliphatic rings. The number of fused-ring (bicyclic) bond motifs is 2. The highest BCUT2D eigenvalue weighted by molar-refractivity contribution is 5.09. The van der Waals surface area contributed by atoms with Gasteiger partial charge in [-0.2, -0.15) is 0 Å². The van der Waals surface area contributed by atoms with E-state index in [0.717, 1.165) is 5.92 Å². The van der Waals surface area contributed by atoms with Crippen LogP contribution in [0.5, 0.6) is 0 Å². The van der Waals surface area contributed by atoms with Crippen molar-refractivity contribution in [3.63, 3.8) is 0 Å². The Morgan fingerprint density at radius 2 is 1.90 bits per heavy atom. The fourth-order valence-electron chi connectivity index (χ4n) is 5.37. The molecule has 2 bridgehead atoms. The highest BCUT2D eigenvalue weighted by atomic mass is 16.5. The maximum atomic E-state index is 10.2. The first-order valence-corrected chi connectivity index (χ1v) is 8.95. The number of hydrogen-bond acceptors (Lipinski definition) is 3. The van der Waals surface area contributed by atoms with Gasteiger partial charge in [-0.15, -0.1) is 0 Å². The maximum absolute atomic E-state index is 10.2. The summed E-state index contributed by atoms with van der Waals surface area (Å²) in [6, 6.07) is 0.621. The minimum atomic E-state index is -0.371. The second-order valence-electron chi connectivity index (χ2n) is 8.67. The molecule has 0 heterocycles. The van der Waals surface area contributed by atoms with Gasteiger partial charge in [0.05, 0.1) is 18.8 Å². The van der Waals surface area contributed by atoms with Crippen molar-refractivity contribution in [3.05, 3.63) is 0 Å². The Morgan fingerprint density at radius 1 is 1.19 bits per heavy atom. The average molecular weight is 295 g/mol. The van der Waals surface area contributed by atoms with Crippen LogP contribution in [-0.4, -0.2) is 36.5 Å². The molecule has 0 aliphatic heterocycles. The number of ether oxygens (including phenoxy) is 1. The summed E-state index contributed by atoms with van der Waals surface area (Å²) in [7, 11) is 0. The minimum Gasteiger partial charge on any atom is -0.389 e. The first-order chi connectivity index (χ1) is 9.92. The monoisotopic (exact) mass is 295 g/mol. The number of aliphatic hydroxyl groups excluding tert-OH is 1. The molecule has 3 heteroatoms. The van der Waals surface area contributed by atoms with Gasteiger partial charge in [-0.1, -0.05) is 33.6 Å². The molecule has 0 radical (unpaired) electrons. The lowest BCUT2D eigenvalue weighted by atomic mass is 9.70. The van der Waals surface area contributed by atoms with Gasteiger partial charge in [0.25, 0.3) is 0 Å². The third kappa shape index (κ3) is 3.02. The van der Waals surface area contributed by atoms with E-state index in [1.807, 2.05) is 0 Å². The van der Waals surface area contributed by atoms with E-state index in [4.69, 9.17) is 4.74 Å². The summed E-state index contributed by atoms with van der Waals surface area (Å²) >= 11 is 0. The number of nitrogens with one attached hydrogen (secondary N) is 1. The van der Waals surface area contributed by atoms with Crippen molar-refractivity contribution < 1.29 is 9.84 Å². The Morgan fingerprint density at radius 3 is 2.52 bits per heavy atom. The van der Waals surface area contributed by atoms with E-state index in [1.165, 1.54) is 44.9 Å². The Labute approximate surface area is 129 Å². The van der Waals surface area contributed by atoms with Crippen LogP contribution in [0.25, 0.3) is 0 Å². The summed E-state index contributed by atoms with van der Waals surface area (Å²) < 4.78 is 6.24. The zero-order valence-electron chi connectivity index (χ0n) is 14.0. The van der Waals surface area contributed by atoms with Crippen molar-refractivity contribution in [2.75, 3.05) is 13.2 Å². The predicted octanol–water partition coefficient (Wildman–Crippen LogP) is 3.11. The first-order valence-electron chi connectivity index (χ1n) is 8.95. The zero-order valence-corrected chi connectivity index (χ0v) is 14.0. The van der Waals surface area contributed by atoms with Crippen LogP contribution in [0, 0.1) is 16.7 Å². The van der Waals surface area contributed by atoms with Gasteiger partial charge in [-0.25, -0.2) is 0 Å². The molecular weight excluding hydrogens is 262 g/mol. The number of rotatable bonds is 6. The molecule has 3 saturated carbocycles. The van der Waals surface area contributed by atoms with Gasteiger partial charge in [0.1, 0.15) is 0 Å². The van der Waals surface area contributed by atoms with Gasteiger partial charge < -0.3 is 15.2 Å². The molecule has 2 N–H and O–H groups in total. The van der Waals surface area contributed by atoms with E-state index in [9.17, 15) is 5.11 Å². The summed E-state index contributed by atoms with van der Waals surface area (Å²) in [4.78, 5) is 0. The molecule has 0 aromatic heterocycles. The van der Waals surface area contributed by atoms with Gasteiger partial charge in [-0.3, -0.25) is 0 Å². The molecule has 3 nitrogen and oxygen atoms in total. The Kier molecular flexibility index (Phi) is 4.37. The summed E-state index contributed by atoms with van der Waals surface area (Å²) in [5.74, 6) is 0.807. The van der Waals surface area contributed by atoms with Crippen LogP contribution in [-0.2, 0) is 4.74 Å². The van der Waals surface area contributed by atoms with Gasteiger partial charge in [-0.05, 0) is 48.9 Å². The molecule has 4 atom stereocenters. The fraction of sp³-hybridized carbons (Fsp3) is 1.00. The number of aliphatic hydroxyl groups is 1. The maximum Gasteiger partial charge on any atom is 0.0897 e. The molecule has 3 fully saturated rings. The normalized spacial score (nSPS) is 40.0. The highest BCUT2D eigenvalue weighted by Crippen LogP contribution is 2.63. The number of hydrogen-bond donors (Lipinski definition) is 2. The molecule has 122 valence electrons. The van der Waals surface area contributed by atoms with Crippen molar-refractivity contribution in [1.82, 2.24) is 5.32 Å². The van der Waals surface area contributed by atoms with Crippen LogP contribution in [0.1, 0.15) is 65.7 Å². The molecule has 0 amide bonds. The zero-order chi connectivity index (χ0) is 15.1. The predicted molar refractivity (Wildman–Crippen MR) is 85.2 cm³/mol. The van der Waals surface area contributed by atoms with Crippen molar-refractivity contribution in [1.29, 1.82) is 0 Å². The molecule has 0 aromatic rings. The standard InChI is InChI=1S/C18H33NO2/c1-17(2)13-8-9-18(3,10-13)16(17)21-12-15(20)11-19-14-6-4-5-7-14/h13-16,19-20H,4-12H2,1-3H3. The Balaban J connectivity index is 1.46. The smallest absolute Gasteiger partial charge is 0.0897 e. The molecular formula is C18H33NO2. The topological polar surface area (TPSA) is 41.5 Å². The quantitative estimate of drug-likeness (QED) is 0.791. The van der Waals surface area contributed by atoms with Gasteiger partial charge in [0.15, 0.2) is 0 Å². The fourth-order valence-corrected chi connectivity index (χ4v) is 5.37. The molecule has 4 unspecified atom stereocenters. The Bertz CT molecular complexity index is 359. The van der Waals surface area contributed by atoms with Gasteiger partial charge in [0, 0.05) is 12.6 Å². The third-order valence-electron chi connectivity index (χ3n) is 6.59. The van der Waals surface area contributed by atoms with Gasteiger partial charge in [0.2, 0.25) is 0 Å². The third-order valence-corrected chi connectivity index (χ3v) is 6.59. The largest absolute Gasteiger partial charge is 0.389 e. The van der Waals surface area contributed by atoms with Crippen LogP contribution >= 0.6 is 0 Å². The lowest BCUT2D eigenvalue weighted by Crippen LogP contribution is -2.45. The van der Waals surface area contributed by atoms with Crippen LogP contribution in [0.15, 0.2) is 0 Å². The van der Waals surface area contributed by atoms with E-state index in [1.54, 1.807) is 0 Å². The molecule has 0 aromatic carbocycles. The minimum absolute atomic E-state index is 0.269. The molecule has 21 heavy (non-hydrogen) atoms. The second kappa shape index (κ2) is 5.82. The molecule has 3 aliphatic carbocycles. The van der Waals surface area contributed by atoms with Crippen LogP contribution in [0.3, 0.4) is 0 Å². The van der Waals surface area contributed by atoms with E-state index < -0.39 is 0 Å². The average Bonchev–Trinajstić information content (AvgIpc) is 3.09. The summed E-state index contributed by atoms with van der Waals surface area (Å²) in [5, 5.41) is 13.7. The summed E-state index contributed by atoms with van der Waals surface area (Å²) in [6.07, 6.45) is 9.10. The van der Waals surface area contributed by atoms with Crippen molar-refractivity contribution in [2.24, 2.45) is 16.7 Å². The van der Waals surface area contributed by atoms with Crippen molar-refractivity contribution in [2.45, 2.75) is 84.0 Å². The summed E-state index contributed by atoms with van der Waals surface area (Å²) in [5.41, 5.74) is 0.609. The highest BCUT2D eigenvalue weighted by Gasteiger charge is 2.60. The second-order valence-corrected chi connectivity index (χ2v) is 8.67. The van der Waals surface area contributed by atoms with Crippen LogP contribution in [0.4, 0.5) is 0 Å². The Hall–Kier alpha value is -0.120. The van der Waals surface area contributed by atoms with E-state index >= 15 is 0 Å². The summed E-state index contributed by atoms with van der Waals surface area (Å²) in [6.45, 7) is 8.26. The molecule has 3 rings (SSSR count). The van der Waals surface area contributed by atoms with Crippen LogP contribution in [0.2, 0.25) is 0 Å². The first kappa shape index (κ1) is 15.8.